The Hall–Kier alpha value is -3.17. The normalized spacial score (nSPS) is 19.4. The fourth-order valence-corrected chi connectivity index (χ4v) is 4.40. The number of pyridine rings is 1. The third kappa shape index (κ3) is 4.51. The van der Waals surface area contributed by atoms with Gasteiger partial charge >= 0.3 is 0 Å². The molecule has 33 heavy (non-hydrogen) atoms. The van der Waals surface area contributed by atoms with Crippen molar-refractivity contribution in [1.82, 2.24) is 19.9 Å². The first-order chi connectivity index (χ1) is 15.8. The van der Waals surface area contributed by atoms with Crippen LogP contribution in [-0.4, -0.2) is 43.7 Å². The zero-order valence-electron chi connectivity index (χ0n) is 18.2. The summed E-state index contributed by atoms with van der Waals surface area (Å²) in [7, 11) is 0. The first-order valence-electron chi connectivity index (χ1n) is 11.2. The minimum absolute atomic E-state index is 0.179. The molecule has 10 heteroatoms. The Morgan fingerprint density at radius 1 is 1.15 bits per heavy atom. The number of aromatic amines is 1. The number of alkyl halides is 2. The third-order valence-electron chi connectivity index (χ3n) is 6.57. The van der Waals surface area contributed by atoms with Crippen LogP contribution >= 0.6 is 0 Å². The Bertz CT molecular complexity index is 1180. The molecule has 7 nitrogen and oxygen atoms in total. The number of carbonyl (C=O) groups is 1. The average Bonchev–Trinajstić information content (AvgIpc) is 3.54. The van der Waals surface area contributed by atoms with Crippen LogP contribution in [0.2, 0.25) is 0 Å². The Kier molecular flexibility index (Phi) is 5.46. The molecule has 2 saturated carbocycles. The van der Waals surface area contributed by atoms with E-state index in [1.165, 1.54) is 24.7 Å². The van der Waals surface area contributed by atoms with Crippen molar-refractivity contribution >= 4 is 28.5 Å². The van der Waals surface area contributed by atoms with Gasteiger partial charge in [-0.25, -0.2) is 23.7 Å². The van der Waals surface area contributed by atoms with Gasteiger partial charge < -0.3 is 15.6 Å². The molecule has 2 aliphatic rings. The Balaban J connectivity index is 1.37. The van der Waals surface area contributed by atoms with Gasteiger partial charge in [0.15, 0.2) is 5.78 Å². The molecule has 2 fully saturated rings. The molecule has 1 unspecified atom stereocenters. The van der Waals surface area contributed by atoms with Gasteiger partial charge in [0.1, 0.15) is 23.6 Å². The molecule has 0 radical (unpaired) electrons. The second kappa shape index (κ2) is 8.31. The fourth-order valence-electron chi connectivity index (χ4n) is 4.40. The minimum atomic E-state index is -2.64. The molecule has 3 heterocycles. The quantitative estimate of drug-likeness (QED) is 0.344. The smallest absolute Gasteiger partial charge is 0.248 e. The predicted octanol–water partition coefficient (Wildman–Crippen LogP) is 4.92. The summed E-state index contributed by atoms with van der Waals surface area (Å²) in [5.41, 5.74) is 0.563. The van der Waals surface area contributed by atoms with Crippen molar-refractivity contribution in [3.05, 3.63) is 41.7 Å². The Labute approximate surface area is 188 Å². The largest absolute Gasteiger partial charge is 0.367 e. The molecule has 0 spiro atoms. The second-order valence-electron chi connectivity index (χ2n) is 9.06. The topological polar surface area (TPSA) is 95.6 Å². The van der Waals surface area contributed by atoms with Gasteiger partial charge in [0.05, 0.1) is 16.5 Å². The van der Waals surface area contributed by atoms with Gasteiger partial charge in [-0.05, 0) is 50.7 Å². The second-order valence-corrected chi connectivity index (χ2v) is 9.06. The molecule has 174 valence electrons. The van der Waals surface area contributed by atoms with E-state index < -0.39 is 17.7 Å². The molecule has 2 aliphatic carbocycles. The van der Waals surface area contributed by atoms with E-state index in [-0.39, 0.29) is 54.7 Å². The number of H-pyrrole nitrogens is 1. The lowest BCUT2D eigenvalue weighted by Gasteiger charge is -2.29. The van der Waals surface area contributed by atoms with Crippen LogP contribution in [-0.2, 0) is 0 Å². The number of hydrogen-bond donors (Lipinski definition) is 3. The zero-order valence-corrected chi connectivity index (χ0v) is 18.2. The van der Waals surface area contributed by atoms with Crippen molar-refractivity contribution in [3.63, 3.8) is 0 Å². The van der Waals surface area contributed by atoms with Crippen molar-refractivity contribution in [2.75, 3.05) is 10.6 Å². The van der Waals surface area contributed by atoms with E-state index in [2.05, 4.69) is 37.5 Å². The van der Waals surface area contributed by atoms with Gasteiger partial charge in [-0.1, -0.05) is 0 Å². The molecule has 0 aliphatic heterocycles. The highest BCUT2D eigenvalue weighted by atomic mass is 19.3. The highest BCUT2D eigenvalue weighted by Crippen LogP contribution is 2.36. The number of fused-ring (bicyclic) bond motifs is 1. The number of nitrogens with one attached hydrogen (secondary N) is 3. The highest BCUT2D eigenvalue weighted by Gasteiger charge is 2.35. The lowest BCUT2D eigenvalue weighted by atomic mass is 9.92. The zero-order chi connectivity index (χ0) is 23.2. The standard InChI is InChI=1S/C23H25F3N6O/c1-12(13-2-3-13)30-22-18-16(10-27-21(18)28-11-29-22)19(33)15-4-5-17(32-20(15)24)31-14-6-8-23(25,26)9-7-14/h4-5,10-14H,2-3,6-9H2,1H3,(H,31,32)(H2,27,28,29,30). The lowest BCUT2D eigenvalue weighted by molar-refractivity contribution is -0.0361. The average molecular weight is 458 g/mol. The van der Waals surface area contributed by atoms with Crippen molar-refractivity contribution in [2.45, 2.75) is 63.5 Å². The number of carbonyl (C=O) groups excluding carboxylic acids is 1. The number of nitrogens with zero attached hydrogens (tertiary/aromatic N) is 3. The summed E-state index contributed by atoms with van der Waals surface area (Å²) in [6.07, 6.45) is 5.37. The van der Waals surface area contributed by atoms with Crippen LogP contribution in [0.3, 0.4) is 0 Å². The van der Waals surface area contributed by atoms with Crippen LogP contribution < -0.4 is 10.6 Å². The number of anilines is 2. The number of hydrogen-bond acceptors (Lipinski definition) is 6. The predicted molar refractivity (Wildman–Crippen MR) is 118 cm³/mol. The van der Waals surface area contributed by atoms with Gasteiger partial charge in [-0.3, -0.25) is 4.79 Å². The third-order valence-corrected chi connectivity index (χ3v) is 6.57. The number of aromatic nitrogens is 4. The Morgan fingerprint density at radius 2 is 1.91 bits per heavy atom. The maximum Gasteiger partial charge on any atom is 0.248 e. The summed E-state index contributed by atoms with van der Waals surface area (Å²) < 4.78 is 41.5. The molecular formula is C23H25F3N6O. The van der Waals surface area contributed by atoms with E-state index in [0.29, 0.717) is 22.8 Å². The van der Waals surface area contributed by atoms with Crippen molar-refractivity contribution in [1.29, 1.82) is 0 Å². The monoisotopic (exact) mass is 458 g/mol. The van der Waals surface area contributed by atoms with Crippen LogP contribution in [0.25, 0.3) is 11.0 Å². The summed E-state index contributed by atoms with van der Waals surface area (Å²) >= 11 is 0. The molecule has 1 atom stereocenters. The van der Waals surface area contributed by atoms with Gasteiger partial charge in [-0.15, -0.1) is 0 Å². The summed E-state index contributed by atoms with van der Waals surface area (Å²) in [5, 5.41) is 6.88. The van der Waals surface area contributed by atoms with Gasteiger partial charge in [-0.2, -0.15) is 4.39 Å². The van der Waals surface area contributed by atoms with Crippen molar-refractivity contribution < 1.29 is 18.0 Å². The van der Waals surface area contributed by atoms with Gasteiger partial charge in [0.2, 0.25) is 11.9 Å². The molecule has 0 amide bonds. The summed E-state index contributed by atoms with van der Waals surface area (Å²) in [5.74, 6) is -2.76. The van der Waals surface area contributed by atoms with E-state index in [4.69, 9.17) is 0 Å². The Morgan fingerprint density at radius 3 is 2.61 bits per heavy atom. The minimum Gasteiger partial charge on any atom is -0.367 e. The van der Waals surface area contributed by atoms with Crippen LogP contribution in [0.5, 0.6) is 0 Å². The molecule has 0 bridgehead atoms. The number of ketones is 1. The van der Waals surface area contributed by atoms with E-state index >= 15 is 0 Å². The SMILES string of the molecule is CC(Nc1ncnc2[nH]cc(C(=O)c3ccc(NC4CCC(F)(F)CC4)nc3F)c12)C1CC1. The maximum atomic E-state index is 14.8. The summed E-state index contributed by atoms with van der Waals surface area (Å²) in [6.45, 7) is 2.07. The molecule has 3 aromatic rings. The van der Waals surface area contributed by atoms with Gasteiger partial charge in [0, 0.05) is 31.1 Å². The van der Waals surface area contributed by atoms with Crippen LogP contribution in [0.4, 0.5) is 24.8 Å². The molecular weight excluding hydrogens is 433 g/mol. The molecule has 3 aromatic heterocycles. The lowest BCUT2D eigenvalue weighted by Crippen LogP contribution is -2.32. The summed E-state index contributed by atoms with van der Waals surface area (Å²) in [4.78, 5) is 28.5. The van der Waals surface area contributed by atoms with Crippen LogP contribution in [0.15, 0.2) is 24.7 Å². The van der Waals surface area contributed by atoms with E-state index in [1.54, 1.807) is 0 Å². The number of halogens is 3. The van der Waals surface area contributed by atoms with Crippen molar-refractivity contribution in [2.24, 2.45) is 5.92 Å². The molecule has 0 aromatic carbocycles. The first-order valence-corrected chi connectivity index (χ1v) is 11.2. The number of rotatable bonds is 7. The first kappa shape index (κ1) is 21.7. The van der Waals surface area contributed by atoms with E-state index in [1.807, 2.05) is 0 Å². The van der Waals surface area contributed by atoms with E-state index in [0.717, 1.165) is 12.8 Å². The molecule has 0 saturated heterocycles. The van der Waals surface area contributed by atoms with Crippen molar-refractivity contribution in [3.8, 4) is 0 Å². The van der Waals surface area contributed by atoms with Gasteiger partial charge in [0.25, 0.3) is 0 Å². The maximum absolute atomic E-state index is 14.8. The molecule has 3 N–H and O–H groups in total. The molecule has 5 rings (SSSR count). The summed E-state index contributed by atoms with van der Waals surface area (Å²) in [6, 6.07) is 2.87. The fraction of sp³-hybridized carbons (Fsp3) is 0.478. The van der Waals surface area contributed by atoms with E-state index in [9.17, 15) is 18.0 Å². The van der Waals surface area contributed by atoms with Crippen LogP contribution in [0, 0.1) is 11.9 Å². The van der Waals surface area contributed by atoms with Crippen LogP contribution in [0.1, 0.15) is 61.4 Å². The highest BCUT2D eigenvalue weighted by molar-refractivity contribution is 6.18.